The van der Waals surface area contributed by atoms with Crippen LogP contribution in [0.15, 0.2) is 27.1 Å². The first kappa shape index (κ1) is 9.76. The molecule has 1 nitrogen and oxygen atoms in total. The van der Waals surface area contributed by atoms with Crippen LogP contribution in [0.4, 0.5) is 0 Å². The van der Waals surface area contributed by atoms with E-state index in [0.29, 0.717) is 6.42 Å². The highest BCUT2D eigenvalue weighted by Gasteiger charge is 1.99. The van der Waals surface area contributed by atoms with Crippen LogP contribution in [0.3, 0.4) is 0 Å². The van der Waals surface area contributed by atoms with Gasteiger partial charge < -0.3 is 0 Å². The van der Waals surface area contributed by atoms with E-state index in [2.05, 4.69) is 37.9 Å². The zero-order valence-electron chi connectivity index (χ0n) is 6.35. The summed E-state index contributed by atoms with van der Waals surface area (Å²) in [6.07, 6.45) is 1.38. The van der Waals surface area contributed by atoms with Gasteiger partial charge in [-0.3, -0.25) is 0 Å². The zero-order valence-corrected chi connectivity index (χ0v) is 9.52. The van der Waals surface area contributed by atoms with Crippen LogP contribution in [0.2, 0.25) is 0 Å². The predicted octanol–water partition coefficient (Wildman–Crippen LogP) is 3.67. The lowest BCUT2D eigenvalue weighted by atomic mass is 10.1. The van der Waals surface area contributed by atoms with Gasteiger partial charge in [0.25, 0.3) is 0 Å². The van der Waals surface area contributed by atoms with Crippen LogP contribution >= 0.6 is 31.9 Å². The molecule has 1 aromatic rings. The molecule has 1 aromatic carbocycles. The van der Waals surface area contributed by atoms with Crippen LogP contribution in [0, 0.1) is 11.3 Å². The number of rotatable bonds is 2. The first-order chi connectivity index (χ1) is 5.74. The summed E-state index contributed by atoms with van der Waals surface area (Å²) in [6, 6.07) is 8.12. The molecule has 0 saturated carbocycles. The van der Waals surface area contributed by atoms with E-state index in [9.17, 15) is 0 Å². The molecule has 0 aliphatic rings. The van der Waals surface area contributed by atoms with Gasteiger partial charge in [-0.15, -0.1) is 0 Å². The third kappa shape index (κ3) is 2.62. The van der Waals surface area contributed by atoms with Crippen molar-refractivity contribution in [2.75, 3.05) is 0 Å². The highest BCUT2D eigenvalue weighted by Crippen LogP contribution is 2.22. The fourth-order valence-electron chi connectivity index (χ4n) is 0.915. The summed E-state index contributed by atoms with van der Waals surface area (Å²) < 4.78 is 2.11. The minimum atomic E-state index is 0.570. The zero-order chi connectivity index (χ0) is 8.97. The molecular formula is C9H7Br2N. The van der Waals surface area contributed by atoms with Crippen molar-refractivity contribution in [1.82, 2.24) is 0 Å². The summed E-state index contributed by atoms with van der Waals surface area (Å²) in [7, 11) is 0. The van der Waals surface area contributed by atoms with Gasteiger partial charge in [0, 0.05) is 15.4 Å². The Balaban J connectivity index is 2.81. The van der Waals surface area contributed by atoms with Crippen molar-refractivity contribution in [2.45, 2.75) is 12.8 Å². The van der Waals surface area contributed by atoms with E-state index < -0.39 is 0 Å². The smallest absolute Gasteiger partial charge is 0.0625 e. The molecule has 3 heteroatoms. The van der Waals surface area contributed by atoms with Crippen molar-refractivity contribution in [1.29, 1.82) is 5.26 Å². The number of benzene rings is 1. The van der Waals surface area contributed by atoms with E-state index in [4.69, 9.17) is 5.26 Å². The minimum absolute atomic E-state index is 0.570. The van der Waals surface area contributed by atoms with Gasteiger partial charge in [0.2, 0.25) is 0 Å². The molecule has 0 bridgehead atoms. The lowest BCUT2D eigenvalue weighted by Gasteiger charge is -2.01. The molecule has 0 unspecified atom stereocenters. The molecule has 0 atom stereocenters. The third-order valence-electron chi connectivity index (χ3n) is 1.52. The number of aryl methyl sites for hydroxylation is 1. The molecular weight excluding hydrogens is 282 g/mol. The second kappa shape index (κ2) is 4.64. The molecule has 0 radical (unpaired) electrons. The maximum absolute atomic E-state index is 8.40. The van der Waals surface area contributed by atoms with E-state index in [0.717, 1.165) is 15.4 Å². The summed E-state index contributed by atoms with van der Waals surface area (Å²) in [5.74, 6) is 0. The number of hydrogen-bond acceptors (Lipinski definition) is 1. The van der Waals surface area contributed by atoms with Gasteiger partial charge in [0.15, 0.2) is 0 Å². The molecule has 12 heavy (non-hydrogen) atoms. The lowest BCUT2D eigenvalue weighted by molar-refractivity contribution is 1.00. The molecule has 0 saturated heterocycles. The Kier molecular flexibility index (Phi) is 3.77. The maximum Gasteiger partial charge on any atom is 0.0625 e. The first-order valence-electron chi connectivity index (χ1n) is 3.55. The van der Waals surface area contributed by atoms with Gasteiger partial charge in [-0.05, 0) is 24.1 Å². The van der Waals surface area contributed by atoms with E-state index in [1.165, 1.54) is 5.56 Å². The Morgan fingerprint density at radius 3 is 2.67 bits per heavy atom. The van der Waals surface area contributed by atoms with Crippen LogP contribution in [-0.2, 0) is 6.42 Å². The number of halogens is 2. The first-order valence-corrected chi connectivity index (χ1v) is 5.13. The van der Waals surface area contributed by atoms with Crippen molar-refractivity contribution in [3.8, 4) is 6.07 Å². The van der Waals surface area contributed by atoms with Crippen molar-refractivity contribution in [3.63, 3.8) is 0 Å². The molecule has 0 aliphatic heterocycles. The number of nitrogens with zero attached hydrogens (tertiary/aromatic N) is 1. The number of nitriles is 1. The van der Waals surface area contributed by atoms with Crippen molar-refractivity contribution < 1.29 is 0 Å². The lowest BCUT2D eigenvalue weighted by Crippen LogP contribution is -1.84. The number of hydrogen-bond donors (Lipinski definition) is 0. The maximum atomic E-state index is 8.40. The van der Waals surface area contributed by atoms with Gasteiger partial charge in [0.05, 0.1) is 6.07 Å². The van der Waals surface area contributed by atoms with E-state index in [1.807, 2.05) is 18.2 Å². The molecule has 0 aliphatic carbocycles. The SMILES string of the molecule is N#CCCc1ccc(Br)cc1Br. The Hall–Kier alpha value is -0.330. The van der Waals surface area contributed by atoms with Crippen LogP contribution in [0.1, 0.15) is 12.0 Å². The summed E-state index contributed by atoms with van der Waals surface area (Å²) in [5, 5.41) is 8.40. The monoisotopic (exact) mass is 287 g/mol. The predicted molar refractivity (Wildman–Crippen MR) is 55.8 cm³/mol. The Morgan fingerprint density at radius 2 is 2.08 bits per heavy atom. The molecule has 0 spiro atoms. The molecule has 62 valence electrons. The second-order valence-corrected chi connectivity index (χ2v) is 4.16. The van der Waals surface area contributed by atoms with Crippen molar-refractivity contribution in [3.05, 3.63) is 32.7 Å². The Morgan fingerprint density at radius 1 is 1.33 bits per heavy atom. The Labute approximate surface area is 88.7 Å². The quantitative estimate of drug-likeness (QED) is 0.815. The van der Waals surface area contributed by atoms with Crippen LogP contribution in [0.5, 0.6) is 0 Å². The van der Waals surface area contributed by atoms with Crippen molar-refractivity contribution in [2.24, 2.45) is 0 Å². The van der Waals surface area contributed by atoms with E-state index in [-0.39, 0.29) is 0 Å². The van der Waals surface area contributed by atoms with Crippen molar-refractivity contribution >= 4 is 31.9 Å². The van der Waals surface area contributed by atoms with Gasteiger partial charge in [-0.25, -0.2) is 0 Å². The topological polar surface area (TPSA) is 23.8 Å². The molecule has 0 fully saturated rings. The average molecular weight is 289 g/mol. The average Bonchev–Trinajstić information content (AvgIpc) is 2.03. The van der Waals surface area contributed by atoms with Gasteiger partial charge >= 0.3 is 0 Å². The minimum Gasteiger partial charge on any atom is -0.198 e. The van der Waals surface area contributed by atoms with Crippen LogP contribution < -0.4 is 0 Å². The summed E-state index contributed by atoms with van der Waals surface area (Å²) in [5.41, 5.74) is 1.18. The van der Waals surface area contributed by atoms with Crippen LogP contribution in [-0.4, -0.2) is 0 Å². The molecule has 1 rings (SSSR count). The highest BCUT2D eigenvalue weighted by molar-refractivity contribution is 9.11. The van der Waals surface area contributed by atoms with E-state index >= 15 is 0 Å². The molecule has 0 aromatic heterocycles. The van der Waals surface area contributed by atoms with Gasteiger partial charge in [-0.2, -0.15) is 5.26 Å². The highest BCUT2D eigenvalue weighted by atomic mass is 79.9. The van der Waals surface area contributed by atoms with Crippen LogP contribution in [0.25, 0.3) is 0 Å². The fraction of sp³-hybridized carbons (Fsp3) is 0.222. The standard InChI is InChI=1S/C9H7Br2N/c10-8-4-3-7(2-1-5-12)9(11)6-8/h3-4,6H,1-2H2. The largest absolute Gasteiger partial charge is 0.198 e. The third-order valence-corrected chi connectivity index (χ3v) is 2.75. The molecule has 0 amide bonds. The van der Waals surface area contributed by atoms with Gasteiger partial charge in [0.1, 0.15) is 0 Å². The second-order valence-electron chi connectivity index (χ2n) is 2.39. The summed E-state index contributed by atoms with van der Waals surface area (Å²) >= 11 is 6.81. The molecule has 0 heterocycles. The van der Waals surface area contributed by atoms with Gasteiger partial charge in [-0.1, -0.05) is 37.9 Å². The van der Waals surface area contributed by atoms with E-state index in [1.54, 1.807) is 0 Å². The molecule has 0 N–H and O–H groups in total. The fourth-order valence-corrected chi connectivity index (χ4v) is 2.16. The summed E-state index contributed by atoms with van der Waals surface area (Å²) in [4.78, 5) is 0. The summed E-state index contributed by atoms with van der Waals surface area (Å²) in [6.45, 7) is 0. The normalized spacial score (nSPS) is 9.42. The Bertz CT molecular complexity index is 315.